The second-order valence-corrected chi connectivity index (χ2v) is 4.42. The Balaban J connectivity index is 2.11. The summed E-state index contributed by atoms with van der Waals surface area (Å²) in [5, 5.41) is 0. The number of fused-ring (bicyclic) bond motifs is 1. The van der Waals surface area contributed by atoms with Gasteiger partial charge in [0.15, 0.2) is 11.5 Å². The van der Waals surface area contributed by atoms with E-state index in [4.69, 9.17) is 15.2 Å². The lowest BCUT2D eigenvalue weighted by molar-refractivity contribution is 0.170. The van der Waals surface area contributed by atoms with Crippen molar-refractivity contribution in [2.45, 2.75) is 25.3 Å². The second kappa shape index (κ2) is 2.89. The summed E-state index contributed by atoms with van der Waals surface area (Å²) in [7, 11) is 0. The van der Waals surface area contributed by atoms with E-state index in [1.54, 1.807) is 0 Å². The van der Waals surface area contributed by atoms with Crippen molar-refractivity contribution in [3.63, 3.8) is 0 Å². The quantitative estimate of drug-likeness (QED) is 0.759. The van der Waals surface area contributed by atoms with E-state index in [0.29, 0.717) is 13.2 Å². The second-order valence-electron chi connectivity index (χ2n) is 4.42. The Morgan fingerprint density at radius 1 is 1.20 bits per heavy atom. The van der Waals surface area contributed by atoms with Crippen molar-refractivity contribution in [2.24, 2.45) is 5.73 Å². The van der Waals surface area contributed by atoms with Crippen molar-refractivity contribution in [3.05, 3.63) is 23.3 Å². The summed E-state index contributed by atoms with van der Waals surface area (Å²) >= 11 is 0. The summed E-state index contributed by atoms with van der Waals surface area (Å²) in [6, 6.07) is 4.06. The number of nitrogens with two attached hydrogens (primary N) is 1. The lowest BCUT2D eigenvalue weighted by atomic mass is 9.98. The molecule has 0 spiro atoms. The van der Waals surface area contributed by atoms with Crippen LogP contribution in [0, 0.1) is 6.92 Å². The number of rotatable bonds is 1. The molecule has 2 aliphatic rings. The SMILES string of the molecule is Cc1c(C2(N)CC2)ccc2c1OCCO2. The Labute approximate surface area is 89.2 Å². The van der Waals surface area contributed by atoms with E-state index in [2.05, 4.69) is 13.0 Å². The molecule has 0 unspecified atom stereocenters. The highest BCUT2D eigenvalue weighted by Gasteiger charge is 2.42. The summed E-state index contributed by atoms with van der Waals surface area (Å²) in [6.07, 6.45) is 2.15. The van der Waals surface area contributed by atoms with Crippen LogP contribution in [0.25, 0.3) is 0 Å². The molecule has 0 radical (unpaired) electrons. The predicted octanol–water partition coefficient (Wildman–Crippen LogP) is 1.71. The van der Waals surface area contributed by atoms with Gasteiger partial charge >= 0.3 is 0 Å². The highest BCUT2D eigenvalue weighted by molar-refractivity contribution is 5.53. The minimum absolute atomic E-state index is 0.0973. The third-order valence-electron chi connectivity index (χ3n) is 3.28. The Morgan fingerprint density at radius 3 is 2.67 bits per heavy atom. The van der Waals surface area contributed by atoms with Crippen LogP contribution in [-0.4, -0.2) is 13.2 Å². The molecule has 1 saturated carbocycles. The third kappa shape index (κ3) is 1.30. The first-order valence-electron chi connectivity index (χ1n) is 5.39. The maximum atomic E-state index is 6.21. The van der Waals surface area contributed by atoms with Crippen LogP contribution in [0.1, 0.15) is 24.0 Å². The van der Waals surface area contributed by atoms with Crippen LogP contribution in [-0.2, 0) is 5.54 Å². The lowest BCUT2D eigenvalue weighted by Gasteiger charge is -2.23. The first kappa shape index (κ1) is 9.04. The van der Waals surface area contributed by atoms with E-state index < -0.39 is 0 Å². The minimum Gasteiger partial charge on any atom is -0.486 e. The fourth-order valence-electron chi connectivity index (χ4n) is 2.20. The molecule has 1 aromatic carbocycles. The van der Waals surface area contributed by atoms with Crippen molar-refractivity contribution < 1.29 is 9.47 Å². The highest BCUT2D eigenvalue weighted by Crippen LogP contribution is 2.47. The minimum atomic E-state index is -0.0973. The van der Waals surface area contributed by atoms with Crippen LogP contribution in [0.15, 0.2) is 12.1 Å². The van der Waals surface area contributed by atoms with Gasteiger partial charge in [-0.25, -0.2) is 0 Å². The maximum absolute atomic E-state index is 6.21. The number of benzene rings is 1. The van der Waals surface area contributed by atoms with E-state index in [9.17, 15) is 0 Å². The van der Waals surface area contributed by atoms with E-state index in [1.807, 2.05) is 6.07 Å². The fraction of sp³-hybridized carbons (Fsp3) is 0.500. The summed E-state index contributed by atoms with van der Waals surface area (Å²) < 4.78 is 11.2. The lowest BCUT2D eigenvalue weighted by Crippen LogP contribution is -2.22. The van der Waals surface area contributed by atoms with Gasteiger partial charge < -0.3 is 15.2 Å². The summed E-state index contributed by atoms with van der Waals surface area (Å²) in [4.78, 5) is 0. The van der Waals surface area contributed by atoms with Crippen molar-refractivity contribution in [3.8, 4) is 11.5 Å². The van der Waals surface area contributed by atoms with Crippen molar-refractivity contribution in [1.82, 2.24) is 0 Å². The zero-order valence-corrected chi connectivity index (χ0v) is 8.88. The molecule has 0 atom stereocenters. The molecule has 3 rings (SSSR count). The van der Waals surface area contributed by atoms with Gasteiger partial charge in [-0.2, -0.15) is 0 Å². The molecule has 2 N–H and O–H groups in total. The Kier molecular flexibility index (Phi) is 1.74. The molecule has 1 aliphatic heterocycles. The molecular formula is C12H15NO2. The van der Waals surface area contributed by atoms with Gasteiger partial charge in [-0.1, -0.05) is 6.07 Å². The van der Waals surface area contributed by atoms with Gasteiger partial charge in [-0.15, -0.1) is 0 Å². The Morgan fingerprint density at radius 2 is 1.93 bits per heavy atom. The average molecular weight is 205 g/mol. The van der Waals surface area contributed by atoms with Crippen LogP contribution in [0.3, 0.4) is 0 Å². The van der Waals surface area contributed by atoms with Crippen LogP contribution in [0.2, 0.25) is 0 Å². The maximum Gasteiger partial charge on any atom is 0.164 e. The van der Waals surface area contributed by atoms with E-state index in [0.717, 1.165) is 29.9 Å². The van der Waals surface area contributed by atoms with Crippen molar-refractivity contribution >= 4 is 0 Å². The molecule has 1 aliphatic carbocycles. The van der Waals surface area contributed by atoms with Crippen molar-refractivity contribution in [2.75, 3.05) is 13.2 Å². The monoisotopic (exact) mass is 205 g/mol. The molecule has 0 aromatic heterocycles. The first-order valence-corrected chi connectivity index (χ1v) is 5.39. The van der Waals surface area contributed by atoms with Crippen LogP contribution in [0.4, 0.5) is 0 Å². The number of hydrogen-bond acceptors (Lipinski definition) is 3. The topological polar surface area (TPSA) is 44.5 Å². The molecule has 1 heterocycles. The molecule has 3 nitrogen and oxygen atoms in total. The summed E-state index contributed by atoms with van der Waals surface area (Å²) in [5.74, 6) is 1.74. The average Bonchev–Trinajstić information content (AvgIpc) is 2.98. The van der Waals surface area contributed by atoms with Gasteiger partial charge in [0.2, 0.25) is 0 Å². The van der Waals surface area contributed by atoms with Crippen molar-refractivity contribution in [1.29, 1.82) is 0 Å². The Hall–Kier alpha value is -1.22. The smallest absolute Gasteiger partial charge is 0.164 e. The summed E-state index contributed by atoms with van der Waals surface area (Å²) in [5.41, 5.74) is 8.47. The zero-order chi connectivity index (χ0) is 10.5. The molecule has 0 amide bonds. The number of hydrogen-bond donors (Lipinski definition) is 1. The van der Waals surface area contributed by atoms with Crippen LogP contribution < -0.4 is 15.2 Å². The molecule has 1 aromatic rings. The van der Waals surface area contributed by atoms with Crippen LogP contribution in [0.5, 0.6) is 11.5 Å². The van der Waals surface area contributed by atoms with Gasteiger partial charge in [0.05, 0.1) is 0 Å². The summed E-state index contributed by atoms with van der Waals surface area (Å²) in [6.45, 7) is 3.34. The Bertz CT molecular complexity index is 410. The molecule has 80 valence electrons. The standard InChI is InChI=1S/C12H15NO2/c1-8-9(12(13)4-5-12)2-3-10-11(8)15-7-6-14-10/h2-3H,4-7,13H2,1H3. The number of ether oxygens (including phenoxy) is 2. The molecule has 0 saturated heterocycles. The van der Waals surface area contributed by atoms with Gasteiger partial charge in [-0.05, 0) is 37.0 Å². The molecule has 3 heteroatoms. The highest BCUT2D eigenvalue weighted by atomic mass is 16.6. The third-order valence-corrected chi connectivity index (χ3v) is 3.28. The van der Waals surface area contributed by atoms with Crippen LogP contribution >= 0.6 is 0 Å². The molecule has 15 heavy (non-hydrogen) atoms. The molecular weight excluding hydrogens is 190 g/mol. The molecule has 0 bridgehead atoms. The fourth-order valence-corrected chi connectivity index (χ4v) is 2.20. The zero-order valence-electron chi connectivity index (χ0n) is 8.88. The van der Waals surface area contributed by atoms with Gasteiger partial charge in [0.1, 0.15) is 13.2 Å². The van der Waals surface area contributed by atoms with Gasteiger partial charge in [0, 0.05) is 5.54 Å². The van der Waals surface area contributed by atoms with E-state index >= 15 is 0 Å². The predicted molar refractivity (Wildman–Crippen MR) is 57.3 cm³/mol. The normalized spacial score (nSPS) is 21.2. The molecule has 1 fully saturated rings. The van der Waals surface area contributed by atoms with E-state index in [1.165, 1.54) is 5.56 Å². The van der Waals surface area contributed by atoms with Gasteiger partial charge in [-0.3, -0.25) is 0 Å². The largest absolute Gasteiger partial charge is 0.486 e. The van der Waals surface area contributed by atoms with E-state index in [-0.39, 0.29) is 5.54 Å². The first-order chi connectivity index (χ1) is 7.21. The van der Waals surface area contributed by atoms with Gasteiger partial charge in [0.25, 0.3) is 0 Å².